The lowest BCUT2D eigenvalue weighted by molar-refractivity contribution is -0.808. The van der Waals surface area contributed by atoms with Gasteiger partial charge in [0.1, 0.15) is 0 Å². The number of rotatable bonds is 2. The molecule has 0 N–H and O–H groups in total. The van der Waals surface area contributed by atoms with Crippen molar-refractivity contribution in [2.45, 2.75) is 39.5 Å². The Hall–Kier alpha value is -1.06. The Morgan fingerprint density at radius 1 is 1.25 bits per heavy atom. The molecule has 1 rings (SSSR count). The van der Waals surface area contributed by atoms with Crippen LogP contribution in [0.3, 0.4) is 0 Å². The van der Waals surface area contributed by atoms with Gasteiger partial charge in [-0.2, -0.15) is 0 Å². The van der Waals surface area contributed by atoms with Gasteiger partial charge >= 0.3 is 0 Å². The zero-order chi connectivity index (χ0) is 9.30. The lowest BCUT2D eigenvalue weighted by atomic mass is 10.0. The van der Waals surface area contributed by atoms with E-state index in [2.05, 4.69) is 9.79 Å². The van der Waals surface area contributed by atoms with Crippen LogP contribution in [0.25, 0.3) is 0 Å². The van der Waals surface area contributed by atoms with E-state index >= 15 is 0 Å². The van der Waals surface area contributed by atoms with Gasteiger partial charge in [-0.1, -0.05) is 27.7 Å². The number of hydrogen-bond donors (Lipinski definition) is 0. The summed E-state index contributed by atoms with van der Waals surface area (Å²) in [4.78, 5) is 0.500. The maximum Gasteiger partial charge on any atom is 0.224 e. The smallest absolute Gasteiger partial charge is 0.224 e. The number of aromatic nitrogens is 2. The summed E-state index contributed by atoms with van der Waals surface area (Å²) in [5.41, 5.74) is 1.41. The van der Waals surface area contributed by atoms with E-state index < -0.39 is 0 Å². The third-order valence-electron chi connectivity index (χ3n) is 1.77. The molecule has 1 aromatic heterocycles. The predicted octanol–water partition coefficient (Wildman–Crippen LogP) is 1.55. The second kappa shape index (κ2) is 3.13. The Balaban J connectivity index is 3.12. The van der Waals surface area contributed by atoms with Crippen molar-refractivity contribution in [3.63, 3.8) is 0 Å². The molecule has 0 saturated heterocycles. The van der Waals surface area contributed by atoms with Crippen molar-refractivity contribution in [1.82, 2.24) is 5.16 Å². The van der Waals surface area contributed by atoms with Crippen molar-refractivity contribution >= 4 is 0 Å². The molecule has 0 aromatic carbocycles. The molecule has 0 bridgehead atoms. The first-order valence-corrected chi connectivity index (χ1v) is 4.13. The zero-order valence-corrected chi connectivity index (χ0v) is 7.87. The Morgan fingerprint density at radius 2 is 1.83 bits per heavy atom. The SMILES string of the molecule is CC(C)c1no[n+]([O-])c1C(C)C. The van der Waals surface area contributed by atoms with Crippen LogP contribution in [-0.2, 0) is 0 Å². The molecule has 0 saturated carbocycles. The molecule has 0 unspecified atom stereocenters. The molecule has 0 aliphatic heterocycles. The van der Waals surface area contributed by atoms with Gasteiger partial charge in [0.15, 0.2) is 0 Å². The van der Waals surface area contributed by atoms with Crippen molar-refractivity contribution in [1.29, 1.82) is 0 Å². The molecule has 4 heteroatoms. The standard InChI is InChI=1S/C8H14N2O2/c1-5(2)7-8(6(3)4)10(11)12-9-7/h5-6H,1-4H3. The van der Waals surface area contributed by atoms with Crippen LogP contribution in [0, 0.1) is 5.21 Å². The molecule has 0 amide bonds. The molecule has 0 radical (unpaired) electrons. The molecule has 0 spiro atoms. The third-order valence-corrected chi connectivity index (χ3v) is 1.77. The lowest BCUT2D eigenvalue weighted by Gasteiger charge is -2.02. The molecule has 0 atom stereocenters. The summed E-state index contributed by atoms with van der Waals surface area (Å²) in [7, 11) is 0. The average Bonchev–Trinajstić information content (AvgIpc) is 2.30. The monoisotopic (exact) mass is 170 g/mol. The Labute approximate surface area is 71.7 Å². The van der Waals surface area contributed by atoms with E-state index in [0.717, 1.165) is 5.69 Å². The van der Waals surface area contributed by atoms with Crippen LogP contribution >= 0.6 is 0 Å². The molecule has 0 fully saturated rings. The highest BCUT2D eigenvalue weighted by atomic mass is 16.8. The van der Waals surface area contributed by atoms with Crippen LogP contribution in [0.1, 0.15) is 50.9 Å². The van der Waals surface area contributed by atoms with Gasteiger partial charge in [-0.3, -0.25) is 4.63 Å². The van der Waals surface area contributed by atoms with Crippen molar-refractivity contribution in [2.75, 3.05) is 0 Å². The highest BCUT2D eigenvalue weighted by Gasteiger charge is 2.24. The Kier molecular flexibility index (Phi) is 2.35. The van der Waals surface area contributed by atoms with Crippen molar-refractivity contribution in [3.8, 4) is 0 Å². The molecule has 0 aliphatic carbocycles. The number of nitrogens with zero attached hydrogens (tertiary/aromatic N) is 2. The van der Waals surface area contributed by atoms with Gasteiger partial charge in [-0.25, -0.2) is 0 Å². The van der Waals surface area contributed by atoms with Gasteiger partial charge in [0.25, 0.3) is 0 Å². The second-order valence-corrected chi connectivity index (χ2v) is 3.51. The maximum absolute atomic E-state index is 11.1. The van der Waals surface area contributed by atoms with Crippen molar-refractivity contribution in [3.05, 3.63) is 16.6 Å². The minimum atomic E-state index is 0.158. The largest absolute Gasteiger partial charge is 0.359 e. The zero-order valence-electron chi connectivity index (χ0n) is 7.87. The van der Waals surface area contributed by atoms with Gasteiger partial charge in [0, 0.05) is 17.0 Å². The van der Waals surface area contributed by atoms with Gasteiger partial charge in [-0.05, 0) is 4.90 Å². The van der Waals surface area contributed by atoms with E-state index in [1.54, 1.807) is 0 Å². The van der Waals surface area contributed by atoms with Crippen LogP contribution in [0.4, 0.5) is 0 Å². The molecular weight excluding hydrogens is 156 g/mol. The van der Waals surface area contributed by atoms with Crippen LogP contribution in [0.2, 0.25) is 0 Å². The fourth-order valence-corrected chi connectivity index (χ4v) is 1.17. The van der Waals surface area contributed by atoms with Gasteiger partial charge in [0.05, 0.1) is 0 Å². The van der Waals surface area contributed by atoms with E-state index in [4.69, 9.17) is 0 Å². The molecule has 1 aromatic rings. The van der Waals surface area contributed by atoms with Gasteiger partial charge < -0.3 is 5.21 Å². The average molecular weight is 170 g/mol. The first kappa shape index (κ1) is 9.03. The normalized spacial score (nSPS) is 11.5. The summed E-state index contributed by atoms with van der Waals surface area (Å²) in [6.07, 6.45) is 0. The summed E-state index contributed by atoms with van der Waals surface area (Å²) >= 11 is 0. The Morgan fingerprint density at radius 3 is 2.17 bits per heavy atom. The van der Waals surface area contributed by atoms with Gasteiger partial charge in [-0.15, -0.1) is 0 Å². The Bertz CT molecular complexity index is 266. The van der Waals surface area contributed by atoms with Crippen molar-refractivity contribution < 1.29 is 9.53 Å². The third kappa shape index (κ3) is 1.42. The van der Waals surface area contributed by atoms with Crippen LogP contribution in [0.5, 0.6) is 0 Å². The highest BCUT2D eigenvalue weighted by Crippen LogP contribution is 2.20. The van der Waals surface area contributed by atoms with Crippen LogP contribution < -0.4 is 4.90 Å². The summed E-state index contributed by atoms with van der Waals surface area (Å²) in [6, 6.07) is 0. The topological polar surface area (TPSA) is 53.0 Å². The summed E-state index contributed by atoms with van der Waals surface area (Å²) in [5, 5.41) is 14.8. The van der Waals surface area contributed by atoms with E-state index in [-0.39, 0.29) is 11.8 Å². The van der Waals surface area contributed by atoms with Crippen LogP contribution in [0.15, 0.2) is 4.63 Å². The van der Waals surface area contributed by atoms with E-state index in [0.29, 0.717) is 10.6 Å². The summed E-state index contributed by atoms with van der Waals surface area (Å²) < 4.78 is 4.53. The molecule has 0 aliphatic rings. The van der Waals surface area contributed by atoms with E-state index in [1.165, 1.54) is 0 Å². The maximum atomic E-state index is 11.1. The molecular formula is C8H14N2O2. The molecule has 68 valence electrons. The first-order valence-electron chi connectivity index (χ1n) is 4.13. The minimum Gasteiger partial charge on any atom is -0.359 e. The summed E-state index contributed by atoms with van der Waals surface area (Å²) in [5.74, 6) is 0.396. The summed E-state index contributed by atoms with van der Waals surface area (Å²) in [6.45, 7) is 7.88. The fraction of sp³-hybridized carbons (Fsp3) is 0.750. The molecule has 4 nitrogen and oxygen atoms in total. The van der Waals surface area contributed by atoms with Crippen LogP contribution in [-0.4, -0.2) is 5.16 Å². The fourth-order valence-electron chi connectivity index (χ4n) is 1.17. The van der Waals surface area contributed by atoms with E-state index in [1.807, 2.05) is 27.7 Å². The first-order chi connectivity index (χ1) is 5.54. The predicted molar refractivity (Wildman–Crippen MR) is 43.6 cm³/mol. The lowest BCUT2D eigenvalue weighted by Crippen LogP contribution is -2.29. The van der Waals surface area contributed by atoms with Gasteiger partial charge in [0.2, 0.25) is 11.4 Å². The second-order valence-electron chi connectivity index (χ2n) is 3.51. The van der Waals surface area contributed by atoms with E-state index in [9.17, 15) is 5.21 Å². The molecule has 12 heavy (non-hydrogen) atoms. The highest BCUT2D eigenvalue weighted by molar-refractivity contribution is 5.11. The molecule has 1 heterocycles. The van der Waals surface area contributed by atoms with Crippen molar-refractivity contribution in [2.24, 2.45) is 0 Å². The number of hydrogen-bond acceptors (Lipinski definition) is 3. The quantitative estimate of drug-likeness (QED) is 0.633. The minimum absolute atomic E-state index is 0.158.